The Kier molecular flexibility index (Phi) is 10.1. The number of hydrogen-bond donors (Lipinski definition) is 4. The first-order chi connectivity index (χ1) is 19.8. The SMILES string of the molecule is Nc1ncnc2c1ncn2[C@@H]1O[C@@H]2COP([O-])(=S)O[C@H]3[C@@H](F)[C@H](n4ccc(=O)[nH]c4=O)O[C@@H]3COP(=O)([S-])O[C@H]2[C@H]1F.[NH4+].[NH4+]. The highest BCUT2D eigenvalue weighted by molar-refractivity contribution is 8.32. The molecule has 3 aliphatic rings. The molecule has 19 nitrogen and oxygen atoms in total. The van der Waals surface area contributed by atoms with E-state index >= 15 is 8.78 Å². The van der Waals surface area contributed by atoms with E-state index in [4.69, 9.17) is 57.4 Å². The van der Waals surface area contributed by atoms with E-state index in [-0.39, 0.29) is 29.3 Å². The van der Waals surface area contributed by atoms with E-state index in [1.807, 2.05) is 4.98 Å². The highest BCUT2D eigenvalue weighted by Crippen LogP contribution is 2.54. The number of nitrogens with two attached hydrogens (primary N) is 1. The minimum absolute atomic E-state index is 0. The lowest BCUT2D eigenvalue weighted by Crippen LogP contribution is -2.39. The van der Waals surface area contributed by atoms with Crippen molar-refractivity contribution in [1.29, 1.82) is 0 Å². The maximum atomic E-state index is 15.8. The van der Waals surface area contributed by atoms with Crippen LogP contribution in [0.3, 0.4) is 0 Å². The fourth-order valence-corrected chi connectivity index (χ4v) is 7.57. The van der Waals surface area contributed by atoms with E-state index in [1.54, 1.807) is 0 Å². The van der Waals surface area contributed by atoms with Crippen LogP contribution in [0.5, 0.6) is 0 Å². The van der Waals surface area contributed by atoms with Gasteiger partial charge < -0.3 is 62.7 Å². The fourth-order valence-electron chi connectivity index (χ4n) is 4.73. The molecule has 3 aromatic rings. The van der Waals surface area contributed by atoms with Gasteiger partial charge in [0.05, 0.1) is 19.5 Å². The Morgan fingerprint density at radius 2 is 1.64 bits per heavy atom. The molecule has 0 amide bonds. The summed E-state index contributed by atoms with van der Waals surface area (Å²) in [6.45, 7) is -10.6. The lowest BCUT2D eigenvalue weighted by molar-refractivity contribution is -0.217. The van der Waals surface area contributed by atoms with Gasteiger partial charge >= 0.3 is 5.69 Å². The highest BCUT2D eigenvalue weighted by Gasteiger charge is 2.52. The molecule has 2 unspecified atom stereocenters. The zero-order valence-electron chi connectivity index (χ0n) is 22.7. The van der Waals surface area contributed by atoms with Gasteiger partial charge in [-0.25, -0.2) is 28.5 Å². The van der Waals surface area contributed by atoms with Crippen LogP contribution in [0.2, 0.25) is 0 Å². The molecule has 3 aliphatic heterocycles. The van der Waals surface area contributed by atoms with E-state index in [0.29, 0.717) is 4.57 Å². The van der Waals surface area contributed by atoms with Crippen molar-refractivity contribution >= 4 is 54.6 Å². The van der Waals surface area contributed by atoms with Crippen LogP contribution in [0.25, 0.3) is 11.2 Å². The lowest BCUT2D eigenvalue weighted by Gasteiger charge is -2.36. The van der Waals surface area contributed by atoms with Gasteiger partial charge in [0.15, 0.2) is 43.1 Å². The van der Waals surface area contributed by atoms with Gasteiger partial charge in [0.1, 0.15) is 43.0 Å². The average Bonchev–Trinajstić information content (AvgIpc) is 3.57. The molecule has 0 bridgehead atoms. The summed E-state index contributed by atoms with van der Waals surface area (Å²) >= 11 is 9.90. The number of H-pyrrole nitrogens is 1. The van der Waals surface area contributed by atoms with Crippen LogP contribution in [-0.2, 0) is 56.2 Å². The van der Waals surface area contributed by atoms with Gasteiger partial charge in [0, 0.05) is 12.3 Å². The number of imidazole rings is 1. The number of ether oxygens (including phenoxy) is 2. The van der Waals surface area contributed by atoms with Gasteiger partial charge in [0.25, 0.3) is 5.56 Å². The first-order valence-electron chi connectivity index (χ1n) is 11.9. The number of halogens is 2. The molecule has 0 saturated carbocycles. The Morgan fingerprint density at radius 3 is 2.30 bits per heavy atom. The minimum Gasteiger partial charge on any atom is -0.780 e. The van der Waals surface area contributed by atoms with Crippen LogP contribution >= 0.6 is 13.5 Å². The summed E-state index contributed by atoms with van der Waals surface area (Å²) in [5.74, 6) is 0.0254. The van der Waals surface area contributed by atoms with Crippen molar-refractivity contribution < 1.29 is 45.8 Å². The zero-order valence-corrected chi connectivity index (χ0v) is 26.1. The molecular weight excluding hydrogens is 678 g/mol. The van der Waals surface area contributed by atoms with Gasteiger partial charge in [-0.2, -0.15) is 0 Å². The average molecular weight is 706 g/mol. The molecule has 6 rings (SSSR count). The molecule has 0 spiro atoms. The van der Waals surface area contributed by atoms with Crippen LogP contribution in [0.4, 0.5) is 14.6 Å². The molecule has 0 aliphatic carbocycles. The van der Waals surface area contributed by atoms with Crippen molar-refractivity contribution in [2.75, 3.05) is 18.9 Å². The fraction of sp³-hybridized carbons (Fsp3) is 0.526. The van der Waals surface area contributed by atoms with Gasteiger partial charge in [-0.3, -0.25) is 23.5 Å². The molecule has 3 aromatic heterocycles. The van der Waals surface area contributed by atoms with Crippen molar-refractivity contribution in [3.8, 4) is 0 Å². The number of aromatic nitrogens is 6. The Hall–Kier alpha value is -2.24. The Balaban J connectivity index is 0.00000221. The van der Waals surface area contributed by atoms with Gasteiger partial charge in [-0.15, -0.1) is 0 Å². The Bertz CT molecular complexity index is 1730. The van der Waals surface area contributed by atoms with Crippen LogP contribution in [-0.4, -0.2) is 79.0 Å². The number of alkyl halides is 2. The summed E-state index contributed by atoms with van der Waals surface area (Å²) in [5, 5.41) is 0. The molecular formula is C19H27F2N9O10P2S2. The third-order valence-corrected chi connectivity index (χ3v) is 9.70. The van der Waals surface area contributed by atoms with Crippen molar-refractivity contribution in [3.05, 3.63) is 45.8 Å². The van der Waals surface area contributed by atoms with Crippen molar-refractivity contribution in [3.63, 3.8) is 0 Å². The second kappa shape index (κ2) is 12.9. The lowest BCUT2D eigenvalue weighted by atomic mass is 10.1. The van der Waals surface area contributed by atoms with Crippen molar-refractivity contribution in [2.45, 2.75) is 49.2 Å². The van der Waals surface area contributed by atoms with Crippen LogP contribution in [0.15, 0.2) is 34.5 Å². The number of nitrogen functional groups attached to an aromatic ring is 1. The van der Waals surface area contributed by atoms with Gasteiger partial charge in [0.2, 0.25) is 0 Å². The number of nitrogens with one attached hydrogen (secondary N) is 1. The van der Waals surface area contributed by atoms with Gasteiger partial charge in [-0.1, -0.05) is 11.8 Å². The van der Waals surface area contributed by atoms with E-state index in [1.165, 1.54) is 10.9 Å². The van der Waals surface area contributed by atoms with Crippen molar-refractivity contribution in [1.82, 2.24) is 41.4 Å². The second-order valence-corrected chi connectivity index (χ2v) is 14.7. The van der Waals surface area contributed by atoms with Crippen LogP contribution in [0.1, 0.15) is 12.5 Å². The number of nitrogens with zero attached hydrogens (tertiary/aromatic N) is 5. The van der Waals surface area contributed by atoms with E-state index in [0.717, 1.165) is 18.6 Å². The number of quaternary nitrogens is 2. The number of aromatic amines is 1. The molecule has 6 heterocycles. The van der Waals surface area contributed by atoms with Gasteiger partial charge in [-0.05, 0) is 0 Å². The monoisotopic (exact) mass is 705 g/mol. The van der Waals surface area contributed by atoms with E-state index in [2.05, 4.69) is 15.0 Å². The zero-order chi connectivity index (χ0) is 30.0. The third-order valence-electron chi connectivity index (χ3n) is 6.62. The largest absolute Gasteiger partial charge is 0.780 e. The van der Waals surface area contributed by atoms with Crippen molar-refractivity contribution in [2.24, 2.45) is 0 Å². The molecule has 0 aromatic carbocycles. The summed E-state index contributed by atoms with van der Waals surface area (Å²) in [4.78, 5) is 50.6. The summed E-state index contributed by atoms with van der Waals surface area (Å²) in [6.07, 6.45) is -10.6. The summed E-state index contributed by atoms with van der Waals surface area (Å²) in [6, 6.07) is 0.944. The number of hydrogen-bond acceptors (Lipinski definition) is 16. The quantitative estimate of drug-likeness (QED) is 0.205. The number of anilines is 1. The number of rotatable bonds is 2. The highest BCUT2D eigenvalue weighted by atomic mass is 32.7. The first-order valence-corrected chi connectivity index (χ1v) is 17.1. The Labute approximate surface area is 255 Å². The molecule has 3 saturated heterocycles. The summed E-state index contributed by atoms with van der Waals surface area (Å²) in [7, 11) is 0. The topological polar surface area (TPSA) is 293 Å². The normalized spacial score (nSPS) is 37.5. The molecule has 244 valence electrons. The predicted octanol–water partition coefficient (Wildman–Crippen LogP) is 0.239. The minimum atomic E-state index is -4.56. The molecule has 11 N–H and O–H groups in total. The molecule has 25 heteroatoms. The second-order valence-electron chi connectivity index (χ2n) is 9.25. The smallest absolute Gasteiger partial charge is 0.330 e. The maximum Gasteiger partial charge on any atom is 0.330 e. The molecule has 0 radical (unpaired) electrons. The van der Waals surface area contributed by atoms with E-state index < -0.39 is 87.2 Å². The molecule has 10 atom stereocenters. The van der Waals surface area contributed by atoms with Crippen LogP contribution < -0.4 is 34.2 Å². The number of fused-ring (bicyclic) bond motifs is 3. The molecule has 3 fully saturated rings. The third kappa shape index (κ3) is 6.51. The molecule has 44 heavy (non-hydrogen) atoms. The standard InChI is InChI=1S/C19H21F2N7O10P2S2.2H3N/c20-10-13-7(35-17(10)27-2-1-9(29)26-19(27)30)3-33-40(32,42)38-14-8(4-34-39(31,41)37-13)36-18(11(14)21)28-6-25-12-15(22)23-5-24-16(12)28;;/h1-2,5-8,10-11,13-14,17-18H,3-4H2,(H,31,41)(H,32,42)(H2,22,23,24)(H,26,29,30);2*1H3/t7-,8-,10-,11-,13-,14-,17-,18-,39?,40?;;/m1../s1. The summed E-state index contributed by atoms with van der Waals surface area (Å²) < 4.78 is 78.9. The predicted molar refractivity (Wildman–Crippen MR) is 152 cm³/mol. The maximum absolute atomic E-state index is 15.8. The Morgan fingerprint density at radius 1 is 1.02 bits per heavy atom. The van der Waals surface area contributed by atoms with Crippen LogP contribution in [0, 0.1) is 0 Å². The summed E-state index contributed by atoms with van der Waals surface area (Å²) in [5.41, 5.74) is 4.30. The first kappa shape index (κ1) is 34.6. The van der Waals surface area contributed by atoms with E-state index in [9.17, 15) is 19.0 Å².